The fourth-order valence-electron chi connectivity index (χ4n) is 1.12. The standard InChI is InChI=1S/C12H15BrN2O/c1-15(2)8-4-7-12(16)14-11-6-3-5-10(13)9-11/h3-7,9H,8H2,1-2H3,(H,14,16). The molecule has 4 heteroatoms. The van der Waals surface area contributed by atoms with Crippen LogP contribution in [-0.4, -0.2) is 31.4 Å². The number of rotatable bonds is 4. The number of carbonyl (C=O) groups excluding carboxylic acids is 1. The van der Waals surface area contributed by atoms with Crippen molar-refractivity contribution in [3.63, 3.8) is 0 Å². The predicted octanol–water partition coefficient (Wildman–Crippen LogP) is 2.51. The molecule has 0 radical (unpaired) electrons. The zero-order chi connectivity index (χ0) is 12.0. The normalized spacial score (nSPS) is 11.0. The Morgan fingerprint density at radius 2 is 2.25 bits per heavy atom. The lowest BCUT2D eigenvalue weighted by atomic mass is 10.3. The molecule has 3 nitrogen and oxygen atoms in total. The Morgan fingerprint density at radius 1 is 1.50 bits per heavy atom. The summed E-state index contributed by atoms with van der Waals surface area (Å²) in [5.41, 5.74) is 0.786. The first-order chi connectivity index (χ1) is 7.58. The van der Waals surface area contributed by atoms with E-state index in [2.05, 4.69) is 21.2 Å². The molecule has 0 bridgehead atoms. The van der Waals surface area contributed by atoms with Gasteiger partial charge in [0.05, 0.1) is 0 Å². The van der Waals surface area contributed by atoms with E-state index >= 15 is 0 Å². The number of likely N-dealkylation sites (N-methyl/N-ethyl adjacent to an activating group) is 1. The molecule has 86 valence electrons. The highest BCUT2D eigenvalue weighted by Gasteiger charge is 1.97. The summed E-state index contributed by atoms with van der Waals surface area (Å²) >= 11 is 3.35. The largest absolute Gasteiger partial charge is 0.322 e. The molecule has 1 aromatic rings. The van der Waals surface area contributed by atoms with Crippen molar-refractivity contribution < 1.29 is 4.79 Å². The zero-order valence-electron chi connectivity index (χ0n) is 9.40. The Bertz CT molecular complexity index is 388. The smallest absolute Gasteiger partial charge is 0.248 e. The van der Waals surface area contributed by atoms with Crippen molar-refractivity contribution in [2.24, 2.45) is 0 Å². The highest BCUT2D eigenvalue weighted by molar-refractivity contribution is 9.10. The molecule has 0 fully saturated rings. The molecule has 0 heterocycles. The first-order valence-corrected chi connectivity index (χ1v) is 5.75. The van der Waals surface area contributed by atoms with Crippen LogP contribution in [0.1, 0.15) is 0 Å². The van der Waals surface area contributed by atoms with Gasteiger partial charge in [-0.3, -0.25) is 4.79 Å². The minimum absolute atomic E-state index is 0.111. The van der Waals surface area contributed by atoms with Crippen LogP contribution in [0, 0.1) is 0 Å². The summed E-state index contributed by atoms with van der Waals surface area (Å²) in [7, 11) is 3.91. The molecule has 0 atom stereocenters. The van der Waals surface area contributed by atoms with Gasteiger partial charge >= 0.3 is 0 Å². The minimum atomic E-state index is -0.111. The number of anilines is 1. The third kappa shape index (κ3) is 5.09. The summed E-state index contributed by atoms with van der Waals surface area (Å²) < 4.78 is 0.947. The summed E-state index contributed by atoms with van der Waals surface area (Å²) in [5, 5.41) is 2.78. The third-order valence-electron chi connectivity index (χ3n) is 1.83. The monoisotopic (exact) mass is 282 g/mol. The number of nitrogens with zero attached hydrogens (tertiary/aromatic N) is 1. The van der Waals surface area contributed by atoms with Crippen LogP contribution in [-0.2, 0) is 4.79 Å². The van der Waals surface area contributed by atoms with Gasteiger partial charge in [0.1, 0.15) is 0 Å². The molecule has 1 aromatic carbocycles. The van der Waals surface area contributed by atoms with Gasteiger partial charge in [0.25, 0.3) is 0 Å². The van der Waals surface area contributed by atoms with Crippen molar-refractivity contribution in [3.8, 4) is 0 Å². The molecule has 1 N–H and O–H groups in total. The maximum Gasteiger partial charge on any atom is 0.248 e. The quantitative estimate of drug-likeness (QED) is 0.861. The van der Waals surface area contributed by atoms with Gasteiger partial charge in [0.2, 0.25) is 5.91 Å². The molecule has 0 unspecified atom stereocenters. The third-order valence-corrected chi connectivity index (χ3v) is 2.33. The minimum Gasteiger partial charge on any atom is -0.322 e. The number of amides is 1. The highest BCUT2D eigenvalue weighted by Crippen LogP contribution is 2.15. The van der Waals surface area contributed by atoms with E-state index in [1.807, 2.05) is 49.3 Å². The van der Waals surface area contributed by atoms with E-state index in [0.717, 1.165) is 16.7 Å². The molecule has 0 aliphatic rings. The highest BCUT2D eigenvalue weighted by atomic mass is 79.9. The van der Waals surface area contributed by atoms with Gasteiger partial charge in [-0.2, -0.15) is 0 Å². The van der Waals surface area contributed by atoms with E-state index in [4.69, 9.17) is 0 Å². The van der Waals surface area contributed by atoms with Crippen molar-refractivity contribution in [2.45, 2.75) is 0 Å². The fraction of sp³-hybridized carbons (Fsp3) is 0.250. The first kappa shape index (κ1) is 12.9. The number of hydrogen-bond acceptors (Lipinski definition) is 2. The van der Waals surface area contributed by atoms with E-state index in [9.17, 15) is 4.79 Å². The van der Waals surface area contributed by atoms with E-state index in [1.54, 1.807) is 6.08 Å². The Labute approximate surface area is 104 Å². The van der Waals surface area contributed by atoms with Crippen LogP contribution in [0.4, 0.5) is 5.69 Å². The summed E-state index contributed by atoms with van der Waals surface area (Å²) in [6.07, 6.45) is 3.37. The van der Waals surface area contributed by atoms with Gasteiger partial charge in [-0.1, -0.05) is 28.1 Å². The SMILES string of the molecule is CN(C)CC=CC(=O)Nc1cccc(Br)c1. The van der Waals surface area contributed by atoms with Gasteiger partial charge in [0.15, 0.2) is 0 Å². The van der Waals surface area contributed by atoms with E-state index in [0.29, 0.717) is 0 Å². The molecular formula is C12H15BrN2O. The van der Waals surface area contributed by atoms with Crippen molar-refractivity contribution >= 4 is 27.5 Å². The molecule has 1 rings (SSSR count). The van der Waals surface area contributed by atoms with Crippen LogP contribution in [0.15, 0.2) is 40.9 Å². The zero-order valence-corrected chi connectivity index (χ0v) is 11.0. The van der Waals surface area contributed by atoms with Crippen molar-refractivity contribution in [1.29, 1.82) is 0 Å². The van der Waals surface area contributed by atoms with Crippen LogP contribution in [0.2, 0.25) is 0 Å². The first-order valence-electron chi connectivity index (χ1n) is 4.96. The number of carbonyl (C=O) groups is 1. The lowest BCUT2D eigenvalue weighted by Gasteiger charge is -2.04. The maximum absolute atomic E-state index is 11.5. The molecule has 0 spiro atoms. The predicted molar refractivity (Wildman–Crippen MR) is 70.5 cm³/mol. The lowest BCUT2D eigenvalue weighted by Crippen LogP contribution is -2.12. The van der Waals surface area contributed by atoms with Gasteiger partial charge in [-0.25, -0.2) is 0 Å². The number of halogens is 1. The molecule has 0 saturated carbocycles. The topological polar surface area (TPSA) is 32.3 Å². The van der Waals surface area contributed by atoms with Gasteiger partial charge in [0, 0.05) is 22.8 Å². The van der Waals surface area contributed by atoms with Crippen molar-refractivity contribution in [2.75, 3.05) is 26.0 Å². The van der Waals surface area contributed by atoms with E-state index in [1.165, 1.54) is 0 Å². The Hall–Kier alpha value is -1.13. The average Bonchev–Trinajstić information content (AvgIpc) is 2.16. The fourth-order valence-corrected chi connectivity index (χ4v) is 1.52. The van der Waals surface area contributed by atoms with Crippen LogP contribution >= 0.6 is 15.9 Å². The Morgan fingerprint density at radius 3 is 2.88 bits per heavy atom. The second kappa shape index (κ2) is 6.45. The Balaban J connectivity index is 2.48. The molecule has 1 amide bonds. The molecule has 0 saturated heterocycles. The van der Waals surface area contributed by atoms with Crippen molar-refractivity contribution in [3.05, 3.63) is 40.9 Å². The number of benzene rings is 1. The van der Waals surface area contributed by atoms with E-state index < -0.39 is 0 Å². The summed E-state index contributed by atoms with van der Waals surface area (Å²) in [6.45, 7) is 0.756. The average molecular weight is 283 g/mol. The lowest BCUT2D eigenvalue weighted by molar-refractivity contribution is -0.111. The van der Waals surface area contributed by atoms with Crippen molar-refractivity contribution in [1.82, 2.24) is 4.90 Å². The maximum atomic E-state index is 11.5. The summed E-state index contributed by atoms with van der Waals surface area (Å²) in [4.78, 5) is 13.5. The number of hydrogen-bond donors (Lipinski definition) is 1. The molecule has 0 aliphatic heterocycles. The van der Waals surface area contributed by atoms with E-state index in [-0.39, 0.29) is 5.91 Å². The summed E-state index contributed by atoms with van der Waals surface area (Å²) in [5.74, 6) is -0.111. The molecular weight excluding hydrogens is 268 g/mol. The van der Waals surface area contributed by atoms with Crippen LogP contribution in [0.3, 0.4) is 0 Å². The van der Waals surface area contributed by atoms with Crippen LogP contribution < -0.4 is 5.32 Å². The summed E-state index contributed by atoms with van der Waals surface area (Å²) in [6, 6.07) is 7.50. The second-order valence-corrected chi connectivity index (χ2v) is 4.58. The Kier molecular flexibility index (Phi) is 5.22. The molecule has 16 heavy (non-hydrogen) atoms. The van der Waals surface area contributed by atoms with Gasteiger partial charge in [-0.15, -0.1) is 0 Å². The molecule has 0 aromatic heterocycles. The van der Waals surface area contributed by atoms with Gasteiger partial charge < -0.3 is 10.2 Å². The van der Waals surface area contributed by atoms with Crippen LogP contribution in [0.25, 0.3) is 0 Å². The molecule has 0 aliphatic carbocycles. The second-order valence-electron chi connectivity index (χ2n) is 3.66. The number of nitrogens with one attached hydrogen (secondary N) is 1. The van der Waals surface area contributed by atoms with Crippen LogP contribution in [0.5, 0.6) is 0 Å². The van der Waals surface area contributed by atoms with Gasteiger partial charge in [-0.05, 0) is 32.3 Å².